The number of hydrogen-bond acceptors (Lipinski definition) is 5. The number of rotatable bonds is 7. The second-order valence-electron chi connectivity index (χ2n) is 4.68. The van der Waals surface area contributed by atoms with Crippen LogP contribution in [-0.2, 0) is 14.6 Å². The highest BCUT2D eigenvalue weighted by atomic mass is 32.2. The molecule has 0 spiro atoms. The second-order valence-corrected chi connectivity index (χ2v) is 6.94. The Morgan fingerprint density at radius 2 is 2.00 bits per heavy atom. The number of ether oxygens (including phenoxy) is 1. The lowest BCUT2D eigenvalue weighted by atomic mass is 10.1. The molecule has 6 heteroatoms. The summed E-state index contributed by atoms with van der Waals surface area (Å²) in [4.78, 5) is 2.20. The Bertz CT molecular complexity index is 298. The van der Waals surface area contributed by atoms with E-state index >= 15 is 0 Å². The Morgan fingerprint density at radius 3 is 2.53 bits per heavy atom. The molecule has 0 saturated carbocycles. The standard InChI is InChI=1S/C11H24N2O3S/c1-17(14,15)10-8-13-6-3-11(4-7-13)16-9-2-5-12/h11H,2-10,12H2,1H3. The minimum absolute atomic E-state index is 0.256. The maximum absolute atomic E-state index is 11.0. The van der Waals surface area contributed by atoms with Gasteiger partial charge in [-0.05, 0) is 25.8 Å². The van der Waals surface area contributed by atoms with Crippen molar-refractivity contribution in [3.05, 3.63) is 0 Å². The summed E-state index contributed by atoms with van der Waals surface area (Å²) >= 11 is 0. The van der Waals surface area contributed by atoms with Crippen molar-refractivity contribution in [1.82, 2.24) is 4.90 Å². The summed E-state index contributed by atoms with van der Waals surface area (Å²) in [7, 11) is -2.84. The fraction of sp³-hybridized carbons (Fsp3) is 1.00. The molecule has 0 aromatic rings. The van der Waals surface area contributed by atoms with E-state index in [-0.39, 0.29) is 5.75 Å². The van der Waals surface area contributed by atoms with Crippen LogP contribution in [0.3, 0.4) is 0 Å². The average molecular weight is 264 g/mol. The van der Waals surface area contributed by atoms with Crippen LogP contribution in [0.5, 0.6) is 0 Å². The number of nitrogens with zero attached hydrogens (tertiary/aromatic N) is 1. The molecule has 1 rings (SSSR count). The molecule has 102 valence electrons. The monoisotopic (exact) mass is 264 g/mol. The Morgan fingerprint density at radius 1 is 1.35 bits per heavy atom. The summed E-state index contributed by atoms with van der Waals surface area (Å²) < 4.78 is 27.8. The normalized spacial score (nSPS) is 19.6. The summed E-state index contributed by atoms with van der Waals surface area (Å²) in [5.74, 6) is 0.256. The highest BCUT2D eigenvalue weighted by molar-refractivity contribution is 7.90. The second kappa shape index (κ2) is 7.31. The highest BCUT2D eigenvalue weighted by Crippen LogP contribution is 2.13. The summed E-state index contributed by atoms with van der Waals surface area (Å²) in [5.41, 5.74) is 5.40. The van der Waals surface area contributed by atoms with Crippen molar-refractivity contribution in [2.24, 2.45) is 5.73 Å². The van der Waals surface area contributed by atoms with E-state index in [9.17, 15) is 8.42 Å². The molecule has 0 aromatic carbocycles. The molecule has 0 bridgehead atoms. The molecule has 0 aromatic heterocycles. The van der Waals surface area contributed by atoms with Gasteiger partial charge in [0.1, 0.15) is 9.84 Å². The molecule has 17 heavy (non-hydrogen) atoms. The highest BCUT2D eigenvalue weighted by Gasteiger charge is 2.19. The molecule has 0 radical (unpaired) electrons. The van der Waals surface area contributed by atoms with Crippen molar-refractivity contribution in [3.8, 4) is 0 Å². The van der Waals surface area contributed by atoms with E-state index in [1.807, 2.05) is 0 Å². The van der Waals surface area contributed by atoms with E-state index < -0.39 is 9.84 Å². The zero-order valence-electron chi connectivity index (χ0n) is 10.6. The molecular formula is C11H24N2O3S. The molecule has 1 heterocycles. The van der Waals surface area contributed by atoms with Crippen molar-refractivity contribution < 1.29 is 13.2 Å². The summed E-state index contributed by atoms with van der Waals surface area (Å²) in [5, 5.41) is 0. The van der Waals surface area contributed by atoms with Gasteiger partial charge in [-0.25, -0.2) is 8.42 Å². The van der Waals surface area contributed by atoms with Gasteiger partial charge in [-0.2, -0.15) is 0 Å². The average Bonchev–Trinajstić information content (AvgIpc) is 2.27. The first-order valence-electron chi connectivity index (χ1n) is 6.23. The van der Waals surface area contributed by atoms with Crippen LogP contribution in [0.25, 0.3) is 0 Å². The van der Waals surface area contributed by atoms with Gasteiger partial charge in [0.25, 0.3) is 0 Å². The maximum atomic E-state index is 11.0. The third kappa shape index (κ3) is 6.98. The Hall–Kier alpha value is -0.170. The lowest BCUT2D eigenvalue weighted by molar-refractivity contribution is 0.00849. The molecule has 0 amide bonds. The Kier molecular flexibility index (Phi) is 6.40. The fourth-order valence-electron chi connectivity index (χ4n) is 1.93. The lowest BCUT2D eigenvalue weighted by Crippen LogP contribution is -2.39. The van der Waals surface area contributed by atoms with Crippen LogP contribution in [0.1, 0.15) is 19.3 Å². The van der Waals surface area contributed by atoms with Crippen molar-refractivity contribution >= 4 is 9.84 Å². The third-order valence-corrected chi connectivity index (χ3v) is 3.94. The van der Waals surface area contributed by atoms with Crippen LogP contribution < -0.4 is 5.73 Å². The van der Waals surface area contributed by atoms with Crippen LogP contribution in [0.15, 0.2) is 0 Å². The first kappa shape index (κ1) is 14.9. The molecule has 1 saturated heterocycles. The van der Waals surface area contributed by atoms with Crippen molar-refractivity contribution in [3.63, 3.8) is 0 Å². The molecule has 0 atom stereocenters. The minimum Gasteiger partial charge on any atom is -0.378 e. The smallest absolute Gasteiger partial charge is 0.148 e. The number of likely N-dealkylation sites (tertiary alicyclic amines) is 1. The fourth-order valence-corrected chi connectivity index (χ4v) is 2.52. The van der Waals surface area contributed by atoms with Crippen molar-refractivity contribution in [1.29, 1.82) is 0 Å². The zero-order chi connectivity index (χ0) is 12.7. The lowest BCUT2D eigenvalue weighted by Gasteiger charge is -2.31. The Labute approximate surface area is 104 Å². The van der Waals surface area contributed by atoms with Crippen LogP contribution in [0.2, 0.25) is 0 Å². The SMILES string of the molecule is CS(=O)(=O)CCN1CCC(OCCCN)CC1. The first-order chi connectivity index (χ1) is 8.01. The van der Waals surface area contributed by atoms with Gasteiger partial charge in [0.2, 0.25) is 0 Å². The van der Waals surface area contributed by atoms with Crippen molar-refractivity contribution in [2.45, 2.75) is 25.4 Å². The van der Waals surface area contributed by atoms with Gasteiger partial charge in [0.15, 0.2) is 0 Å². The van der Waals surface area contributed by atoms with E-state index in [1.54, 1.807) is 0 Å². The molecule has 2 N–H and O–H groups in total. The molecular weight excluding hydrogens is 240 g/mol. The third-order valence-electron chi connectivity index (χ3n) is 3.01. The maximum Gasteiger partial charge on any atom is 0.148 e. The van der Waals surface area contributed by atoms with Crippen molar-refractivity contribution in [2.75, 3.05) is 44.8 Å². The number of nitrogens with two attached hydrogens (primary N) is 1. The van der Waals surface area contributed by atoms with E-state index in [2.05, 4.69) is 4.90 Å². The summed E-state index contributed by atoms with van der Waals surface area (Å²) in [6, 6.07) is 0. The molecule has 1 aliphatic heterocycles. The van der Waals surface area contributed by atoms with Crippen LogP contribution >= 0.6 is 0 Å². The van der Waals surface area contributed by atoms with E-state index in [0.29, 0.717) is 19.2 Å². The molecule has 0 unspecified atom stereocenters. The number of piperidine rings is 1. The van der Waals surface area contributed by atoms with Gasteiger partial charge in [0.05, 0.1) is 11.9 Å². The first-order valence-corrected chi connectivity index (χ1v) is 8.29. The van der Waals surface area contributed by atoms with Gasteiger partial charge < -0.3 is 15.4 Å². The van der Waals surface area contributed by atoms with Crippen LogP contribution in [0, 0.1) is 0 Å². The van der Waals surface area contributed by atoms with Gasteiger partial charge >= 0.3 is 0 Å². The van der Waals surface area contributed by atoms with Gasteiger partial charge in [-0.15, -0.1) is 0 Å². The quantitative estimate of drug-likeness (QED) is 0.648. The predicted molar refractivity (Wildman–Crippen MR) is 68.8 cm³/mol. The molecule has 1 aliphatic rings. The molecule has 0 aliphatic carbocycles. The molecule has 1 fully saturated rings. The van der Waals surface area contributed by atoms with Crippen LogP contribution in [0.4, 0.5) is 0 Å². The Balaban J connectivity index is 2.13. The van der Waals surface area contributed by atoms with E-state index in [1.165, 1.54) is 6.26 Å². The van der Waals surface area contributed by atoms with E-state index in [0.717, 1.165) is 39.0 Å². The zero-order valence-corrected chi connectivity index (χ0v) is 11.4. The van der Waals surface area contributed by atoms with E-state index in [4.69, 9.17) is 10.5 Å². The van der Waals surface area contributed by atoms with Gasteiger partial charge in [-0.3, -0.25) is 0 Å². The number of hydrogen-bond donors (Lipinski definition) is 1. The van der Waals surface area contributed by atoms with Crippen LogP contribution in [-0.4, -0.2) is 64.2 Å². The molecule has 5 nitrogen and oxygen atoms in total. The summed E-state index contributed by atoms with van der Waals surface area (Å²) in [6.07, 6.45) is 4.52. The van der Waals surface area contributed by atoms with Gasteiger partial charge in [0, 0.05) is 32.5 Å². The number of sulfone groups is 1. The topological polar surface area (TPSA) is 72.6 Å². The summed E-state index contributed by atoms with van der Waals surface area (Å²) in [6.45, 7) is 3.93. The largest absolute Gasteiger partial charge is 0.378 e. The predicted octanol–water partition coefficient (Wildman–Crippen LogP) is -0.139. The minimum atomic E-state index is -2.84. The van der Waals surface area contributed by atoms with Gasteiger partial charge in [-0.1, -0.05) is 0 Å².